The molecule has 0 spiro atoms. The van der Waals surface area contributed by atoms with Gasteiger partial charge in [0.2, 0.25) is 0 Å². The molecular weight excluding hydrogens is 268 g/mol. The Morgan fingerprint density at radius 2 is 2.24 bits per heavy atom. The van der Waals surface area contributed by atoms with E-state index in [0.29, 0.717) is 5.82 Å². The molecule has 1 aliphatic rings. The van der Waals surface area contributed by atoms with Gasteiger partial charge >= 0.3 is 0 Å². The zero-order valence-corrected chi connectivity index (χ0v) is 12.1. The van der Waals surface area contributed by atoms with E-state index in [1.54, 1.807) is 13.3 Å². The molecule has 1 saturated heterocycles. The van der Waals surface area contributed by atoms with Crippen LogP contribution >= 0.6 is 0 Å². The second-order valence-electron chi connectivity index (χ2n) is 5.15. The molecule has 21 heavy (non-hydrogen) atoms. The van der Waals surface area contributed by atoms with Crippen molar-refractivity contribution in [2.24, 2.45) is 0 Å². The van der Waals surface area contributed by atoms with Crippen LogP contribution in [0.5, 0.6) is 11.5 Å². The summed E-state index contributed by atoms with van der Waals surface area (Å²) in [7, 11) is 1.65. The second-order valence-corrected chi connectivity index (χ2v) is 5.15. The number of benzene rings is 1. The lowest BCUT2D eigenvalue weighted by Gasteiger charge is -2.25. The number of methoxy groups -OCH3 is 1. The number of rotatable bonds is 4. The normalized spacial score (nSPS) is 18.4. The van der Waals surface area contributed by atoms with Crippen LogP contribution in [-0.2, 0) is 0 Å². The van der Waals surface area contributed by atoms with Gasteiger partial charge in [0, 0.05) is 12.1 Å². The maximum absolute atomic E-state index is 6.10. The molecule has 0 amide bonds. The van der Waals surface area contributed by atoms with Crippen molar-refractivity contribution in [1.82, 2.24) is 15.5 Å². The molecule has 3 rings (SSSR count). The van der Waals surface area contributed by atoms with E-state index in [9.17, 15) is 0 Å². The van der Waals surface area contributed by atoms with Gasteiger partial charge in [-0.15, -0.1) is 0 Å². The first-order valence-corrected chi connectivity index (χ1v) is 7.12. The minimum atomic E-state index is 0.171. The van der Waals surface area contributed by atoms with Gasteiger partial charge in [-0.1, -0.05) is 6.07 Å². The number of nitrogen functional groups attached to an aromatic ring is 1. The third-order valence-electron chi connectivity index (χ3n) is 3.69. The zero-order valence-electron chi connectivity index (χ0n) is 12.1. The summed E-state index contributed by atoms with van der Waals surface area (Å²) in [6.07, 6.45) is 4.06. The van der Waals surface area contributed by atoms with Crippen LogP contribution in [0.2, 0.25) is 0 Å². The third kappa shape index (κ3) is 2.95. The van der Waals surface area contributed by atoms with Gasteiger partial charge < -0.3 is 20.5 Å². The topological polar surface area (TPSA) is 85.2 Å². The first-order valence-electron chi connectivity index (χ1n) is 7.12. The van der Waals surface area contributed by atoms with E-state index < -0.39 is 0 Å². The number of nitrogens with zero attached hydrogens (tertiary/aromatic N) is 1. The van der Waals surface area contributed by atoms with Gasteiger partial charge in [0.25, 0.3) is 0 Å². The van der Waals surface area contributed by atoms with E-state index in [1.165, 1.54) is 0 Å². The molecule has 112 valence electrons. The molecule has 0 radical (unpaired) electrons. The highest BCUT2D eigenvalue weighted by molar-refractivity contribution is 5.75. The van der Waals surface area contributed by atoms with Crippen molar-refractivity contribution in [2.75, 3.05) is 25.9 Å². The van der Waals surface area contributed by atoms with Gasteiger partial charge in [0.1, 0.15) is 11.9 Å². The highest BCUT2D eigenvalue weighted by atomic mass is 16.5. The monoisotopic (exact) mass is 288 g/mol. The van der Waals surface area contributed by atoms with E-state index in [1.807, 2.05) is 18.2 Å². The molecule has 0 saturated carbocycles. The number of anilines is 1. The molecule has 1 unspecified atom stereocenters. The van der Waals surface area contributed by atoms with Crippen LogP contribution in [0.15, 0.2) is 24.4 Å². The van der Waals surface area contributed by atoms with E-state index in [-0.39, 0.29) is 6.10 Å². The highest BCUT2D eigenvalue weighted by Gasteiger charge is 2.17. The molecule has 0 bridgehead atoms. The number of hydrogen-bond acceptors (Lipinski definition) is 5. The van der Waals surface area contributed by atoms with Crippen molar-refractivity contribution in [2.45, 2.75) is 18.9 Å². The average molecular weight is 288 g/mol. The zero-order chi connectivity index (χ0) is 14.7. The molecule has 6 nitrogen and oxygen atoms in total. The smallest absolute Gasteiger partial charge is 0.162 e. The van der Waals surface area contributed by atoms with E-state index >= 15 is 0 Å². The third-order valence-corrected chi connectivity index (χ3v) is 3.69. The lowest BCUT2D eigenvalue weighted by Crippen LogP contribution is -2.37. The number of nitrogens with two attached hydrogens (primary N) is 1. The van der Waals surface area contributed by atoms with Crippen molar-refractivity contribution in [1.29, 1.82) is 0 Å². The molecule has 1 fully saturated rings. The number of piperidine rings is 1. The van der Waals surface area contributed by atoms with Crippen molar-refractivity contribution < 1.29 is 9.47 Å². The molecule has 0 aliphatic carbocycles. The SMILES string of the molecule is COc1ccc(-c2cn[nH]c2N)cc1OC1CCCNC1. The minimum Gasteiger partial charge on any atom is -0.493 e. The maximum Gasteiger partial charge on any atom is 0.162 e. The molecule has 4 N–H and O–H groups in total. The number of nitrogens with one attached hydrogen (secondary N) is 2. The van der Waals surface area contributed by atoms with E-state index in [2.05, 4.69) is 15.5 Å². The summed E-state index contributed by atoms with van der Waals surface area (Å²) in [5.41, 5.74) is 7.70. The summed E-state index contributed by atoms with van der Waals surface area (Å²) >= 11 is 0. The number of H-pyrrole nitrogens is 1. The van der Waals surface area contributed by atoms with Gasteiger partial charge in [-0.3, -0.25) is 5.10 Å². The molecule has 1 aromatic heterocycles. The minimum absolute atomic E-state index is 0.171. The maximum atomic E-state index is 6.10. The molecule has 1 aliphatic heterocycles. The summed E-state index contributed by atoms with van der Waals surface area (Å²) in [6.45, 7) is 1.92. The lowest BCUT2D eigenvalue weighted by atomic mass is 10.1. The molecular formula is C15H20N4O2. The second kappa shape index (κ2) is 6.05. The number of ether oxygens (including phenoxy) is 2. The van der Waals surface area contributed by atoms with Gasteiger partial charge in [-0.05, 0) is 37.1 Å². The van der Waals surface area contributed by atoms with E-state index in [0.717, 1.165) is 48.6 Å². The van der Waals surface area contributed by atoms with Crippen LogP contribution in [-0.4, -0.2) is 36.5 Å². The van der Waals surface area contributed by atoms with E-state index in [4.69, 9.17) is 15.2 Å². The molecule has 2 heterocycles. The van der Waals surface area contributed by atoms with Gasteiger partial charge in [-0.2, -0.15) is 5.10 Å². The lowest BCUT2D eigenvalue weighted by molar-refractivity contribution is 0.161. The van der Waals surface area contributed by atoms with Crippen molar-refractivity contribution in [3.8, 4) is 22.6 Å². The Kier molecular flexibility index (Phi) is 3.96. The molecule has 2 aromatic rings. The van der Waals surface area contributed by atoms with Crippen LogP contribution < -0.4 is 20.5 Å². The number of aromatic nitrogens is 2. The largest absolute Gasteiger partial charge is 0.493 e. The van der Waals surface area contributed by atoms with Gasteiger partial charge in [0.15, 0.2) is 11.5 Å². The number of hydrogen-bond donors (Lipinski definition) is 3. The van der Waals surface area contributed by atoms with Crippen molar-refractivity contribution in [3.05, 3.63) is 24.4 Å². The Hall–Kier alpha value is -2.21. The van der Waals surface area contributed by atoms with Crippen molar-refractivity contribution in [3.63, 3.8) is 0 Å². The molecule has 6 heteroatoms. The first-order chi connectivity index (χ1) is 10.3. The van der Waals surface area contributed by atoms with Crippen LogP contribution in [0, 0.1) is 0 Å². The fourth-order valence-electron chi connectivity index (χ4n) is 2.56. The summed E-state index contributed by atoms with van der Waals surface area (Å²) in [5, 5.41) is 10.0. The fraction of sp³-hybridized carbons (Fsp3) is 0.400. The van der Waals surface area contributed by atoms with Gasteiger partial charge in [0.05, 0.1) is 13.3 Å². The first kappa shape index (κ1) is 13.8. The standard InChI is InChI=1S/C15H20N4O2/c1-20-13-5-4-10(12-9-18-19-15(12)16)7-14(13)21-11-3-2-6-17-8-11/h4-5,7,9,11,17H,2-3,6,8H2,1H3,(H3,16,18,19). The Morgan fingerprint density at radius 3 is 2.90 bits per heavy atom. The Labute approximate surface area is 123 Å². The summed E-state index contributed by atoms with van der Waals surface area (Å²) in [6, 6.07) is 5.80. The number of aromatic amines is 1. The fourth-order valence-corrected chi connectivity index (χ4v) is 2.56. The quantitative estimate of drug-likeness (QED) is 0.799. The van der Waals surface area contributed by atoms with Crippen LogP contribution in [0.4, 0.5) is 5.82 Å². The van der Waals surface area contributed by atoms with Crippen LogP contribution in [0.3, 0.4) is 0 Å². The molecule has 1 atom stereocenters. The predicted octanol–water partition coefficient (Wildman–Crippen LogP) is 1.80. The van der Waals surface area contributed by atoms with Crippen LogP contribution in [0.1, 0.15) is 12.8 Å². The summed E-state index contributed by atoms with van der Waals surface area (Å²) in [4.78, 5) is 0. The Bertz CT molecular complexity index is 605. The summed E-state index contributed by atoms with van der Waals surface area (Å²) in [5.74, 6) is 2.01. The summed E-state index contributed by atoms with van der Waals surface area (Å²) < 4.78 is 11.5. The predicted molar refractivity (Wildman–Crippen MR) is 81.5 cm³/mol. The van der Waals surface area contributed by atoms with Gasteiger partial charge in [-0.25, -0.2) is 0 Å². The molecule has 1 aromatic carbocycles. The highest BCUT2D eigenvalue weighted by Crippen LogP contribution is 2.35. The van der Waals surface area contributed by atoms with Crippen LogP contribution in [0.25, 0.3) is 11.1 Å². The van der Waals surface area contributed by atoms with Crippen molar-refractivity contribution >= 4 is 5.82 Å². The average Bonchev–Trinajstić information content (AvgIpc) is 2.94. The Balaban J connectivity index is 1.88. The Morgan fingerprint density at radius 1 is 1.33 bits per heavy atom.